The van der Waals surface area contributed by atoms with Crippen molar-refractivity contribution in [2.24, 2.45) is 0 Å². The Kier molecular flexibility index (Phi) is 5.72. The van der Waals surface area contributed by atoms with Gasteiger partial charge in [-0.15, -0.1) is 11.3 Å². The molecule has 27 heavy (non-hydrogen) atoms. The largest absolute Gasteiger partial charge is 0.496 e. The van der Waals surface area contributed by atoms with E-state index >= 15 is 0 Å². The van der Waals surface area contributed by atoms with E-state index in [4.69, 9.17) is 4.74 Å². The minimum Gasteiger partial charge on any atom is -0.496 e. The van der Waals surface area contributed by atoms with E-state index in [2.05, 4.69) is 42.3 Å². The molecule has 2 aromatic carbocycles. The summed E-state index contributed by atoms with van der Waals surface area (Å²) in [6.45, 7) is 6.12. The van der Waals surface area contributed by atoms with E-state index in [1.54, 1.807) is 13.2 Å². The van der Waals surface area contributed by atoms with Gasteiger partial charge in [-0.25, -0.2) is 4.98 Å². The molecule has 1 amide bonds. The first kappa shape index (κ1) is 18.9. The Balaban J connectivity index is 1.73. The number of benzene rings is 2. The average Bonchev–Trinajstić information content (AvgIpc) is 3.10. The number of hydrogen-bond acceptors (Lipinski definition) is 4. The van der Waals surface area contributed by atoms with Gasteiger partial charge in [-0.3, -0.25) is 10.1 Å². The van der Waals surface area contributed by atoms with E-state index in [1.807, 2.05) is 30.5 Å². The standard InChI is InChI=1S/C22H22N2O2S/c1-14-6-9-20(26-4)17(11-14)8-10-21(25)24-22-23-19(13-27-22)18-12-15(2)5-7-16(18)3/h5-13H,1-4H3,(H,23,24,25)/b10-8+. The summed E-state index contributed by atoms with van der Waals surface area (Å²) in [5.74, 6) is 0.511. The van der Waals surface area contributed by atoms with Crippen LogP contribution in [0.3, 0.4) is 0 Å². The van der Waals surface area contributed by atoms with Crippen LogP contribution in [0.4, 0.5) is 5.13 Å². The number of amides is 1. The topological polar surface area (TPSA) is 51.2 Å². The van der Waals surface area contributed by atoms with Crippen molar-refractivity contribution in [3.63, 3.8) is 0 Å². The number of rotatable bonds is 5. The number of hydrogen-bond donors (Lipinski definition) is 1. The molecule has 4 nitrogen and oxygen atoms in total. The number of thiazole rings is 1. The molecule has 0 unspecified atom stereocenters. The smallest absolute Gasteiger partial charge is 0.250 e. The van der Waals surface area contributed by atoms with E-state index in [0.717, 1.165) is 33.7 Å². The van der Waals surface area contributed by atoms with Crippen molar-refractivity contribution in [3.8, 4) is 17.0 Å². The number of carbonyl (C=O) groups is 1. The first-order chi connectivity index (χ1) is 13.0. The summed E-state index contributed by atoms with van der Waals surface area (Å²) in [7, 11) is 1.62. The summed E-state index contributed by atoms with van der Waals surface area (Å²) < 4.78 is 5.33. The molecule has 1 aromatic heterocycles. The number of ether oxygens (including phenoxy) is 1. The molecule has 0 aliphatic heterocycles. The summed E-state index contributed by atoms with van der Waals surface area (Å²) in [4.78, 5) is 16.8. The predicted octanol–water partition coefficient (Wildman–Crippen LogP) is 5.40. The van der Waals surface area contributed by atoms with Crippen molar-refractivity contribution >= 4 is 28.5 Å². The minimum absolute atomic E-state index is 0.222. The van der Waals surface area contributed by atoms with Crippen molar-refractivity contribution in [2.75, 3.05) is 12.4 Å². The predicted molar refractivity (Wildman–Crippen MR) is 112 cm³/mol. The number of anilines is 1. The zero-order valence-electron chi connectivity index (χ0n) is 15.9. The highest BCUT2D eigenvalue weighted by molar-refractivity contribution is 7.14. The number of methoxy groups -OCH3 is 1. The van der Waals surface area contributed by atoms with Gasteiger partial charge in [0.25, 0.3) is 0 Å². The van der Waals surface area contributed by atoms with Crippen LogP contribution in [-0.2, 0) is 4.79 Å². The summed E-state index contributed by atoms with van der Waals surface area (Å²) in [5, 5.41) is 5.37. The second kappa shape index (κ2) is 8.18. The maximum absolute atomic E-state index is 12.3. The van der Waals surface area contributed by atoms with Gasteiger partial charge in [-0.2, -0.15) is 0 Å². The number of nitrogens with one attached hydrogen (secondary N) is 1. The Hall–Kier alpha value is -2.92. The molecular formula is C22H22N2O2S. The zero-order valence-corrected chi connectivity index (χ0v) is 16.7. The van der Waals surface area contributed by atoms with Crippen LogP contribution in [0.25, 0.3) is 17.3 Å². The third-order valence-electron chi connectivity index (χ3n) is 4.20. The van der Waals surface area contributed by atoms with Crippen LogP contribution in [0.5, 0.6) is 5.75 Å². The first-order valence-corrected chi connectivity index (χ1v) is 9.51. The van der Waals surface area contributed by atoms with Crippen molar-refractivity contribution in [3.05, 3.63) is 70.1 Å². The van der Waals surface area contributed by atoms with Crippen LogP contribution >= 0.6 is 11.3 Å². The molecule has 0 spiro atoms. The molecular weight excluding hydrogens is 356 g/mol. The molecule has 0 bridgehead atoms. The first-order valence-electron chi connectivity index (χ1n) is 8.63. The molecule has 0 aliphatic carbocycles. The van der Waals surface area contributed by atoms with E-state index < -0.39 is 0 Å². The van der Waals surface area contributed by atoms with Gasteiger partial charge >= 0.3 is 0 Å². The molecule has 3 rings (SSSR count). The fourth-order valence-corrected chi connectivity index (χ4v) is 3.48. The van der Waals surface area contributed by atoms with E-state index in [-0.39, 0.29) is 5.91 Å². The highest BCUT2D eigenvalue weighted by Gasteiger charge is 2.09. The van der Waals surface area contributed by atoms with Crippen LogP contribution < -0.4 is 10.1 Å². The highest BCUT2D eigenvalue weighted by atomic mass is 32.1. The fourth-order valence-electron chi connectivity index (χ4n) is 2.76. The number of carbonyl (C=O) groups excluding carboxylic acids is 1. The number of nitrogens with zero attached hydrogens (tertiary/aromatic N) is 1. The summed E-state index contributed by atoms with van der Waals surface area (Å²) in [6.07, 6.45) is 3.25. The van der Waals surface area contributed by atoms with Gasteiger partial charge in [-0.1, -0.05) is 29.3 Å². The van der Waals surface area contributed by atoms with E-state index in [1.165, 1.54) is 23.0 Å². The quantitative estimate of drug-likeness (QED) is 0.605. The Labute approximate surface area is 163 Å². The Bertz CT molecular complexity index is 1010. The van der Waals surface area contributed by atoms with Crippen molar-refractivity contribution in [2.45, 2.75) is 20.8 Å². The van der Waals surface area contributed by atoms with Gasteiger partial charge in [0, 0.05) is 22.6 Å². The molecule has 0 saturated carbocycles. The van der Waals surface area contributed by atoms with Crippen molar-refractivity contribution < 1.29 is 9.53 Å². The van der Waals surface area contributed by atoms with Crippen LogP contribution in [0, 0.1) is 20.8 Å². The minimum atomic E-state index is -0.222. The van der Waals surface area contributed by atoms with Crippen molar-refractivity contribution in [1.29, 1.82) is 0 Å². The number of aryl methyl sites for hydroxylation is 3. The third kappa shape index (κ3) is 4.63. The van der Waals surface area contributed by atoms with Gasteiger partial charge in [0.15, 0.2) is 5.13 Å². The second-order valence-corrected chi connectivity index (χ2v) is 7.28. The van der Waals surface area contributed by atoms with Gasteiger partial charge in [0.05, 0.1) is 12.8 Å². The SMILES string of the molecule is COc1ccc(C)cc1/C=C/C(=O)Nc1nc(-c2cc(C)ccc2C)cs1. The van der Waals surface area contributed by atoms with Gasteiger partial charge in [0.1, 0.15) is 5.75 Å². The van der Waals surface area contributed by atoms with Crippen molar-refractivity contribution in [1.82, 2.24) is 4.98 Å². The molecule has 0 radical (unpaired) electrons. The lowest BCUT2D eigenvalue weighted by Gasteiger charge is -2.05. The van der Waals surface area contributed by atoms with E-state index in [9.17, 15) is 4.79 Å². The van der Waals surface area contributed by atoms with Crippen LogP contribution in [0.2, 0.25) is 0 Å². The molecule has 0 aliphatic rings. The average molecular weight is 378 g/mol. The highest BCUT2D eigenvalue weighted by Crippen LogP contribution is 2.28. The zero-order chi connectivity index (χ0) is 19.4. The van der Waals surface area contributed by atoms with Gasteiger partial charge < -0.3 is 4.74 Å². The third-order valence-corrected chi connectivity index (χ3v) is 4.96. The van der Waals surface area contributed by atoms with E-state index in [0.29, 0.717) is 5.13 Å². The maximum atomic E-state index is 12.3. The molecule has 138 valence electrons. The van der Waals surface area contributed by atoms with Crippen LogP contribution in [0.1, 0.15) is 22.3 Å². The molecule has 0 atom stereocenters. The number of aromatic nitrogens is 1. The second-order valence-electron chi connectivity index (χ2n) is 6.42. The monoisotopic (exact) mass is 378 g/mol. The van der Waals surface area contributed by atoms with Gasteiger partial charge in [0.2, 0.25) is 5.91 Å². The van der Waals surface area contributed by atoms with Crippen LogP contribution in [-0.4, -0.2) is 18.0 Å². The molecule has 1 N–H and O–H groups in total. The molecule has 3 aromatic rings. The summed E-state index contributed by atoms with van der Waals surface area (Å²) in [5.41, 5.74) is 6.28. The Morgan fingerprint density at radius 1 is 1.11 bits per heavy atom. The normalized spacial score (nSPS) is 11.0. The Morgan fingerprint density at radius 2 is 1.85 bits per heavy atom. The molecule has 0 fully saturated rings. The Morgan fingerprint density at radius 3 is 2.63 bits per heavy atom. The lowest BCUT2D eigenvalue weighted by molar-refractivity contribution is -0.111. The summed E-state index contributed by atoms with van der Waals surface area (Å²) >= 11 is 1.42. The molecule has 0 saturated heterocycles. The van der Waals surface area contributed by atoms with Crippen LogP contribution in [0.15, 0.2) is 47.9 Å². The summed E-state index contributed by atoms with van der Waals surface area (Å²) in [6, 6.07) is 12.1. The molecule has 5 heteroatoms. The molecule has 1 heterocycles. The lowest BCUT2D eigenvalue weighted by Crippen LogP contribution is -2.07. The van der Waals surface area contributed by atoms with Gasteiger partial charge in [-0.05, 0) is 50.6 Å². The fraction of sp³-hybridized carbons (Fsp3) is 0.182. The lowest BCUT2D eigenvalue weighted by atomic mass is 10.0. The maximum Gasteiger partial charge on any atom is 0.250 e.